The molecule has 0 aliphatic heterocycles. The molecule has 0 spiro atoms. The first kappa shape index (κ1) is 53.5. The first-order valence-corrected chi connectivity index (χ1v) is 27.8. The third-order valence-corrected chi connectivity index (χ3v) is 17.2. The van der Waals surface area contributed by atoms with Gasteiger partial charge >= 0.3 is 24.7 Å². The molecule has 16 rings (SSSR count). The van der Waals surface area contributed by atoms with E-state index in [0.717, 1.165) is 48.5 Å². The van der Waals surface area contributed by atoms with Crippen molar-refractivity contribution in [2.24, 2.45) is 0 Å². The molecule has 0 saturated heterocycles. The summed E-state index contributed by atoms with van der Waals surface area (Å²) in [5.74, 6) is 0. The summed E-state index contributed by atoms with van der Waals surface area (Å²) in [5.41, 5.74) is -4.78. The van der Waals surface area contributed by atoms with E-state index in [0.29, 0.717) is 43.4 Å². The normalized spacial score (nSPS) is 12.9. The molecule has 434 valence electrons. The molecule has 0 saturated carbocycles. The van der Waals surface area contributed by atoms with Gasteiger partial charge in [-0.1, -0.05) is 133 Å². The number of aromatic nitrogens is 5. The van der Waals surface area contributed by atoms with E-state index in [9.17, 15) is 5.26 Å². The number of hydrogen-bond acceptors (Lipinski definition) is 1. The summed E-state index contributed by atoms with van der Waals surface area (Å²) in [6, 6.07) is 55.4. The second-order valence-corrected chi connectivity index (χ2v) is 21.9. The number of rotatable bonds is 5. The van der Waals surface area contributed by atoms with E-state index in [4.69, 9.17) is 0 Å². The van der Waals surface area contributed by atoms with Gasteiger partial charge in [0, 0.05) is 53.9 Å². The maximum atomic E-state index is 15.7. The molecule has 0 fully saturated rings. The topological polar surface area (TPSA) is 48.4 Å². The standard InChI is InChI=1S/C71H36F12N6/c72-68(73,74)38-25-29-48-44-15-3-9-21-55(44)86(59(48)33-38)63-52(37-84)64(87-56-22-10-4-16-45(56)49-30-26-39(34-60(49)87)69(75,76)77)66(88-57-23-11-5-17-46(57)50-31-27-40(35-61(50)88)70(78,79)80)67(65(63)85-53-19-7-1-13-42(53)43-14-2-8-20-54(43)85)89-58-24-12-6-18-47(58)51-32-28-41(36-62(51)89)71(81,82)83/h1-36H. The second kappa shape index (κ2) is 18.5. The highest BCUT2D eigenvalue weighted by Gasteiger charge is 2.40. The summed E-state index contributed by atoms with van der Waals surface area (Å²) in [6.07, 6.45) is -19.9. The molecular formula is C71H36F12N6. The Hall–Kier alpha value is -10.9. The Bertz CT molecular complexity index is 5720. The Labute approximate surface area is 493 Å². The third-order valence-electron chi connectivity index (χ3n) is 17.2. The first-order valence-electron chi connectivity index (χ1n) is 27.8. The molecule has 0 amide bonds. The Kier molecular flexibility index (Phi) is 11.2. The van der Waals surface area contributed by atoms with Gasteiger partial charge in [0.1, 0.15) is 11.6 Å². The van der Waals surface area contributed by atoms with Crippen LogP contribution in [0.25, 0.3) is 137 Å². The van der Waals surface area contributed by atoms with Crippen LogP contribution in [0, 0.1) is 11.3 Å². The molecule has 0 aliphatic rings. The summed E-state index contributed by atoms with van der Waals surface area (Å²) >= 11 is 0. The number of hydrogen-bond donors (Lipinski definition) is 0. The minimum Gasteiger partial charge on any atom is -0.306 e. The number of nitriles is 1. The molecule has 0 N–H and O–H groups in total. The van der Waals surface area contributed by atoms with Gasteiger partial charge in [-0.15, -0.1) is 0 Å². The lowest BCUT2D eigenvalue weighted by Crippen LogP contribution is -2.19. The lowest BCUT2D eigenvalue weighted by atomic mass is 10.0. The van der Waals surface area contributed by atoms with Crippen molar-refractivity contribution in [3.63, 3.8) is 0 Å². The summed E-state index contributed by atoms with van der Waals surface area (Å²) < 4.78 is 194. The molecule has 18 heteroatoms. The molecule has 0 atom stereocenters. The van der Waals surface area contributed by atoms with Crippen LogP contribution >= 0.6 is 0 Å². The van der Waals surface area contributed by atoms with E-state index in [1.165, 1.54) is 42.5 Å². The predicted molar refractivity (Wildman–Crippen MR) is 323 cm³/mol. The molecule has 89 heavy (non-hydrogen) atoms. The highest BCUT2D eigenvalue weighted by Crippen LogP contribution is 2.53. The highest BCUT2D eigenvalue weighted by atomic mass is 19.4. The zero-order valence-corrected chi connectivity index (χ0v) is 45.5. The highest BCUT2D eigenvalue weighted by molar-refractivity contribution is 6.18. The van der Waals surface area contributed by atoms with Crippen molar-refractivity contribution in [1.82, 2.24) is 22.8 Å². The first-order chi connectivity index (χ1) is 42.7. The van der Waals surface area contributed by atoms with Crippen LogP contribution in [0.4, 0.5) is 52.7 Å². The molecule has 6 nitrogen and oxygen atoms in total. The van der Waals surface area contributed by atoms with E-state index >= 15 is 52.7 Å². The molecule has 11 aromatic carbocycles. The van der Waals surface area contributed by atoms with Crippen LogP contribution in [0.1, 0.15) is 27.8 Å². The molecule has 0 radical (unpaired) electrons. The van der Waals surface area contributed by atoms with Crippen LogP contribution < -0.4 is 0 Å². The van der Waals surface area contributed by atoms with Gasteiger partial charge < -0.3 is 22.8 Å². The van der Waals surface area contributed by atoms with E-state index < -0.39 is 52.5 Å². The molecule has 0 unspecified atom stereocenters. The van der Waals surface area contributed by atoms with Crippen LogP contribution in [0.2, 0.25) is 0 Å². The van der Waals surface area contributed by atoms with Gasteiger partial charge in [0.25, 0.3) is 0 Å². The summed E-state index contributed by atoms with van der Waals surface area (Å²) in [5, 5.41) is 16.5. The van der Waals surface area contributed by atoms with Crippen LogP contribution in [-0.2, 0) is 24.7 Å². The largest absolute Gasteiger partial charge is 0.416 e. The van der Waals surface area contributed by atoms with E-state index in [2.05, 4.69) is 6.07 Å². The van der Waals surface area contributed by atoms with Crippen molar-refractivity contribution in [3.05, 3.63) is 246 Å². The number of halogens is 12. The van der Waals surface area contributed by atoms with Crippen LogP contribution in [-0.4, -0.2) is 22.8 Å². The lowest BCUT2D eigenvalue weighted by molar-refractivity contribution is -0.138. The minimum absolute atomic E-state index is 0.0764. The fourth-order valence-corrected chi connectivity index (χ4v) is 13.6. The minimum atomic E-state index is -5.00. The molecular weight excluding hydrogens is 1160 g/mol. The number of benzene rings is 11. The Morgan fingerprint density at radius 3 is 0.618 bits per heavy atom. The van der Waals surface area contributed by atoms with Crippen molar-refractivity contribution >= 4 is 109 Å². The maximum Gasteiger partial charge on any atom is 0.416 e. The van der Waals surface area contributed by atoms with Crippen molar-refractivity contribution in [3.8, 4) is 34.5 Å². The summed E-state index contributed by atoms with van der Waals surface area (Å²) in [7, 11) is 0. The fraction of sp³-hybridized carbons (Fsp3) is 0.0563. The van der Waals surface area contributed by atoms with Crippen LogP contribution in [0.5, 0.6) is 0 Å². The number of fused-ring (bicyclic) bond motifs is 15. The SMILES string of the molecule is N#Cc1c(-n2c3ccccc3c3ccc(C(F)(F)F)cc32)c(-n2c3ccccc3c3ccccc32)c(-n2c3ccccc3c3ccc(C(F)(F)F)cc32)c(-n2c3ccccc3c3ccc(C(F)(F)F)cc32)c1-n1c2ccccc2c2ccc(C(F)(F)F)cc21. The van der Waals surface area contributed by atoms with Gasteiger partial charge in [0.15, 0.2) is 0 Å². The van der Waals surface area contributed by atoms with Gasteiger partial charge in [-0.05, 0) is 84.9 Å². The number of alkyl halides is 12. The van der Waals surface area contributed by atoms with E-state index in [-0.39, 0.29) is 94.1 Å². The average Bonchev–Trinajstić information content (AvgIpc) is 1.61. The van der Waals surface area contributed by atoms with Crippen LogP contribution in [0.15, 0.2) is 218 Å². The Morgan fingerprint density at radius 2 is 0.404 bits per heavy atom. The molecule has 0 bridgehead atoms. The van der Waals surface area contributed by atoms with Crippen molar-refractivity contribution in [2.75, 3.05) is 0 Å². The fourth-order valence-electron chi connectivity index (χ4n) is 13.6. The quantitative estimate of drug-likeness (QED) is 0.158. The predicted octanol–water partition coefficient (Wildman–Crippen LogP) is 21.1. The average molecular weight is 1200 g/mol. The molecule has 0 aliphatic carbocycles. The third kappa shape index (κ3) is 7.73. The lowest BCUT2D eigenvalue weighted by Gasteiger charge is -2.30. The maximum absolute atomic E-state index is 15.7. The van der Waals surface area contributed by atoms with Crippen molar-refractivity contribution in [2.45, 2.75) is 24.7 Å². The smallest absolute Gasteiger partial charge is 0.306 e. The number of nitrogens with zero attached hydrogens (tertiary/aromatic N) is 6. The molecule has 5 aromatic heterocycles. The van der Waals surface area contributed by atoms with Crippen molar-refractivity contribution < 1.29 is 52.7 Å². The monoisotopic (exact) mass is 1200 g/mol. The van der Waals surface area contributed by atoms with E-state index in [1.54, 1.807) is 138 Å². The van der Waals surface area contributed by atoms with Gasteiger partial charge in [0.05, 0.1) is 106 Å². The Balaban J connectivity index is 1.32. The number of para-hydroxylation sites is 6. The van der Waals surface area contributed by atoms with Crippen LogP contribution in [0.3, 0.4) is 0 Å². The van der Waals surface area contributed by atoms with Gasteiger partial charge in [0.2, 0.25) is 0 Å². The Morgan fingerprint density at radius 1 is 0.225 bits per heavy atom. The summed E-state index contributed by atoms with van der Waals surface area (Å²) in [6.45, 7) is 0. The van der Waals surface area contributed by atoms with Gasteiger partial charge in [-0.3, -0.25) is 0 Å². The van der Waals surface area contributed by atoms with Gasteiger partial charge in [-0.2, -0.15) is 57.9 Å². The zero-order valence-electron chi connectivity index (χ0n) is 45.5. The summed E-state index contributed by atoms with van der Waals surface area (Å²) in [4.78, 5) is 0. The zero-order chi connectivity index (χ0) is 61.4. The van der Waals surface area contributed by atoms with Gasteiger partial charge in [-0.25, -0.2) is 0 Å². The second-order valence-electron chi connectivity index (χ2n) is 21.9. The van der Waals surface area contributed by atoms with Crippen molar-refractivity contribution in [1.29, 1.82) is 5.26 Å². The molecule has 16 aromatic rings. The molecule has 5 heterocycles. The van der Waals surface area contributed by atoms with E-state index in [1.807, 2.05) is 12.1 Å².